The third kappa shape index (κ3) is 3.44. The van der Waals surface area contributed by atoms with Crippen molar-refractivity contribution in [1.29, 1.82) is 0 Å². The van der Waals surface area contributed by atoms with Gasteiger partial charge in [0.15, 0.2) is 17.5 Å². The molecule has 1 atom stereocenters. The number of amides is 2. The number of anilines is 1. The first kappa shape index (κ1) is 19.1. The van der Waals surface area contributed by atoms with Gasteiger partial charge in [0.25, 0.3) is 5.91 Å². The smallest absolute Gasteiger partial charge is 0.292 e. The maximum Gasteiger partial charge on any atom is 0.292 e. The first-order chi connectivity index (χ1) is 14.6. The second-order valence-electron chi connectivity index (χ2n) is 8.38. The Morgan fingerprint density at radius 3 is 2.57 bits per heavy atom. The van der Waals surface area contributed by atoms with Gasteiger partial charge in [-0.1, -0.05) is 18.2 Å². The van der Waals surface area contributed by atoms with E-state index in [0.29, 0.717) is 13.2 Å². The van der Waals surface area contributed by atoms with Gasteiger partial charge in [0, 0.05) is 5.56 Å². The maximum absolute atomic E-state index is 13.1. The van der Waals surface area contributed by atoms with Crippen molar-refractivity contribution in [2.75, 3.05) is 37.9 Å². The molecule has 3 aliphatic heterocycles. The van der Waals surface area contributed by atoms with E-state index in [2.05, 4.69) is 12.1 Å². The van der Waals surface area contributed by atoms with Crippen LogP contribution in [-0.4, -0.2) is 50.8 Å². The second-order valence-corrected chi connectivity index (χ2v) is 8.38. The molecule has 0 saturated carbocycles. The lowest BCUT2D eigenvalue weighted by molar-refractivity contribution is -1.02. The van der Waals surface area contributed by atoms with Crippen LogP contribution < -0.4 is 24.2 Å². The normalized spacial score (nSPS) is 25.8. The highest BCUT2D eigenvalue weighted by Crippen LogP contribution is 2.32. The monoisotopic (exact) mass is 409 g/mol. The largest absolute Gasteiger partial charge is 0.454 e. The fraction of sp³-hybridized carbons (Fsp3) is 0.391. The highest BCUT2D eigenvalue weighted by atomic mass is 16.7. The molecular formula is C23H27N3O4+2. The summed E-state index contributed by atoms with van der Waals surface area (Å²) in [6.07, 6.45) is 0.306. The molecule has 30 heavy (non-hydrogen) atoms. The summed E-state index contributed by atoms with van der Waals surface area (Å²) >= 11 is 0. The van der Waals surface area contributed by atoms with E-state index in [1.165, 1.54) is 20.3 Å². The van der Waals surface area contributed by atoms with Crippen LogP contribution >= 0.6 is 0 Å². The zero-order chi connectivity index (χ0) is 20.7. The SMILES string of the molecule is Cc1ccccc1N1C(=O)C[C@@H]([NH+]2CC[NH+](Cc3ccc4c(c3)OCO4)CC2)C1=O. The van der Waals surface area contributed by atoms with E-state index in [0.717, 1.165) is 55.5 Å². The fourth-order valence-electron chi connectivity index (χ4n) is 4.81. The quantitative estimate of drug-likeness (QED) is 0.659. The summed E-state index contributed by atoms with van der Waals surface area (Å²) in [6.45, 7) is 6.90. The molecule has 0 aliphatic carbocycles. The van der Waals surface area contributed by atoms with Crippen LogP contribution in [0.5, 0.6) is 11.5 Å². The molecule has 2 fully saturated rings. The summed E-state index contributed by atoms with van der Waals surface area (Å²) in [5.41, 5.74) is 2.91. The van der Waals surface area contributed by atoms with Crippen molar-refractivity contribution in [2.45, 2.75) is 25.9 Å². The molecule has 0 aromatic heterocycles. The highest BCUT2D eigenvalue weighted by molar-refractivity contribution is 6.22. The lowest BCUT2D eigenvalue weighted by Gasteiger charge is -2.32. The van der Waals surface area contributed by atoms with E-state index in [-0.39, 0.29) is 17.9 Å². The van der Waals surface area contributed by atoms with Crippen LogP contribution in [0.4, 0.5) is 5.69 Å². The molecule has 3 aliphatic rings. The Balaban J connectivity index is 1.21. The third-order valence-electron chi connectivity index (χ3n) is 6.49. The number of imide groups is 1. The number of hydrogen-bond donors (Lipinski definition) is 2. The standard InChI is InChI=1S/C23H25N3O4/c1-16-4-2-3-5-18(16)26-22(27)13-19(23(26)28)25-10-8-24(9-11-25)14-17-6-7-20-21(12-17)30-15-29-20/h2-7,12,19H,8-11,13-15H2,1H3/p+2/t19-/m1/s1. The Morgan fingerprint density at radius 1 is 1.00 bits per heavy atom. The summed E-state index contributed by atoms with van der Waals surface area (Å²) in [4.78, 5) is 29.9. The number of nitrogens with zero attached hydrogens (tertiary/aromatic N) is 1. The van der Waals surface area contributed by atoms with E-state index in [1.807, 2.05) is 37.3 Å². The molecule has 7 heteroatoms. The van der Waals surface area contributed by atoms with Crippen LogP contribution in [0.1, 0.15) is 17.5 Å². The van der Waals surface area contributed by atoms with Crippen LogP contribution in [0.25, 0.3) is 0 Å². The molecule has 2 amide bonds. The van der Waals surface area contributed by atoms with Crippen molar-refractivity contribution in [3.8, 4) is 11.5 Å². The van der Waals surface area contributed by atoms with Crippen LogP contribution in [0.15, 0.2) is 42.5 Å². The minimum absolute atomic E-state index is 0.0523. The Morgan fingerprint density at radius 2 is 1.77 bits per heavy atom. The number of hydrogen-bond acceptors (Lipinski definition) is 4. The third-order valence-corrected chi connectivity index (χ3v) is 6.49. The number of carbonyl (C=O) groups excluding carboxylic acids is 2. The zero-order valence-electron chi connectivity index (χ0n) is 17.1. The summed E-state index contributed by atoms with van der Waals surface area (Å²) in [5, 5.41) is 0. The summed E-state index contributed by atoms with van der Waals surface area (Å²) in [5.74, 6) is 1.50. The maximum atomic E-state index is 13.1. The predicted molar refractivity (Wildman–Crippen MR) is 110 cm³/mol. The molecule has 0 unspecified atom stereocenters. The number of fused-ring (bicyclic) bond motifs is 1. The molecule has 0 bridgehead atoms. The molecular weight excluding hydrogens is 382 g/mol. The van der Waals surface area contributed by atoms with E-state index < -0.39 is 0 Å². The molecule has 2 aromatic rings. The molecule has 156 valence electrons. The van der Waals surface area contributed by atoms with Crippen LogP contribution in [-0.2, 0) is 16.1 Å². The van der Waals surface area contributed by atoms with Gasteiger partial charge < -0.3 is 19.3 Å². The van der Waals surface area contributed by atoms with Crippen molar-refractivity contribution in [2.24, 2.45) is 0 Å². The summed E-state index contributed by atoms with van der Waals surface area (Å²) < 4.78 is 10.9. The van der Waals surface area contributed by atoms with Gasteiger partial charge in [-0.05, 0) is 36.8 Å². The molecule has 2 aromatic carbocycles. The molecule has 3 heterocycles. The van der Waals surface area contributed by atoms with E-state index in [9.17, 15) is 9.59 Å². The van der Waals surface area contributed by atoms with Gasteiger partial charge in [0.05, 0.1) is 12.1 Å². The Labute approximate surface area is 175 Å². The first-order valence-electron chi connectivity index (χ1n) is 10.6. The van der Waals surface area contributed by atoms with Gasteiger partial charge >= 0.3 is 0 Å². The zero-order valence-corrected chi connectivity index (χ0v) is 17.1. The number of para-hydroxylation sites is 1. The number of rotatable bonds is 4. The minimum atomic E-state index is -0.260. The average Bonchev–Trinajstić information content (AvgIpc) is 3.33. The van der Waals surface area contributed by atoms with Crippen molar-refractivity contribution in [1.82, 2.24) is 0 Å². The van der Waals surface area contributed by atoms with E-state index in [1.54, 1.807) is 0 Å². The number of nitrogens with one attached hydrogen (secondary N) is 2. The van der Waals surface area contributed by atoms with Crippen LogP contribution in [0.2, 0.25) is 0 Å². The Hall–Kier alpha value is -2.90. The van der Waals surface area contributed by atoms with Crippen LogP contribution in [0.3, 0.4) is 0 Å². The lowest BCUT2D eigenvalue weighted by Crippen LogP contribution is -3.29. The molecule has 2 saturated heterocycles. The van der Waals surface area contributed by atoms with Gasteiger partial charge in [-0.3, -0.25) is 9.59 Å². The molecule has 2 N–H and O–H groups in total. The second kappa shape index (κ2) is 7.74. The van der Waals surface area contributed by atoms with Gasteiger partial charge in [-0.15, -0.1) is 0 Å². The van der Waals surface area contributed by atoms with Gasteiger partial charge in [-0.25, -0.2) is 4.90 Å². The molecule has 7 nitrogen and oxygen atoms in total. The molecule has 0 radical (unpaired) electrons. The average molecular weight is 409 g/mol. The van der Waals surface area contributed by atoms with Gasteiger partial charge in [0.1, 0.15) is 32.7 Å². The van der Waals surface area contributed by atoms with E-state index in [4.69, 9.17) is 9.47 Å². The number of benzene rings is 2. The summed E-state index contributed by atoms with van der Waals surface area (Å²) in [7, 11) is 0. The minimum Gasteiger partial charge on any atom is -0.454 e. The fourth-order valence-corrected chi connectivity index (χ4v) is 4.81. The topological polar surface area (TPSA) is 64.7 Å². The number of carbonyl (C=O) groups is 2. The highest BCUT2D eigenvalue weighted by Gasteiger charge is 2.47. The first-order valence-corrected chi connectivity index (χ1v) is 10.6. The lowest BCUT2D eigenvalue weighted by atomic mass is 10.1. The predicted octanol–water partition coefficient (Wildman–Crippen LogP) is -0.661. The van der Waals surface area contributed by atoms with Gasteiger partial charge in [0.2, 0.25) is 12.7 Å². The van der Waals surface area contributed by atoms with Crippen molar-refractivity contribution >= 4 is 17.5 Å². The van der Waals surface area contributed by atoms with Gasteiger partial charge in [-0.2, -0.15) is 0 Å². The molecule has 0 spiro atoms. The van der Waals surface area contributed by atoms with Crippen LogP contribution in [0, 0.1) is 6.92 Å². The number of piperazine rings is 1. The number of quaternary nitrogens is 2. The van der Waals surface area contributed by atoms with Crippen molar-refractivity contribution < 1.29 is 28.9 Å². The van der Waals surface area contributed by atoms with E-state index >= 15 is 0 Å². The summed E-state index contributed by atoms with van der Waals surface area (Å²) in [6, 6.07) is 13.5. The number of aryl methyl sites for hydroxylation is 1. The van der Waals surface area contributed by atoms with Crippen molar-refractivity contribution in [3.63, 3.8) is 0 Å². The number of ether oxygens (including phenoxy) is 2. The molecule has 5 rings (SSSR count). The Bertz CT molecular complexity index is 984. The Kier molecular flexibility index (Phi) is 4.92. The van der Waals surface area contributed by atoms with Crippen molar-refractivity contribution in [3.05, 3.63) is 53.6 Å².